The van der Waals surface area contributed by atoms with Crippen molar-refractivity contribution in [3.8, 4) is 5.75 Å². The molecule has 7 heteroatoms. The Kier molecular flexibility index (Phi) is 3.78. The van der Waals surface area contributed by atoms with Crippen LogP contribution in [0.1, 0.15) is 6.42 Å². The molecule has 4 rings (SSSR count). The minimum atomic E-state index is -0.241. The lowest BCUT2D eigenvalue weighted by Gasteiger charge is -2.28. The number of methoxy groups -OCH3 is 1. The number of ether oxygens (including phenoxy) is 1. The molecule has 4 nitrogen and oxygen atoms in total. The van der Waals surface area contributed by atoms with Crippen LogP contribution in [0.15, 0.2) is 18.2 Å². The van der Waals surface area contributed by atoms with Crippen LogP contribution in [0.4, 0.5) is 5.69 Å². The molecule has 2 bridgehead atoms. The van der Waals surface area contributed by atoms with E-state index in [1.807, 2.05) is 0 Å². The summed E-state index contributed by atoms with van der Waals surface area (Å²) in [6, 6.07) is 4.99. The van der Waals surface area contributed by atoms with Crippen LogP contribution in [0.25, 0.3) is 0 Å². The Labute approximate surface area is 155 Å². The fourth-order valence-corrected chi connectivity index (χ4v) is 6.46. The van der Waals surface area contributed by atoms with Gasteiger partial charge in [-0.3, -0.25) is 9.59 Å². The Morgan fingerprint density at radius 3 is 2.22 bits per heavy atom. The standard InChI is InChI=1S/C16H14Br2ClNO3/c1-23-10-3-2-6(19)4-9(10)20-15(21)11-7-5-8(12(11)16(20)22)14(18)13(7)17/h2-4,7-8,11-14H,5H2,1H3/t7-,8-,11-,12-,13+,14+/m1/s1. The van der Waals surface area contributed by atoms with Crippen LogP contribution in [-0.4, -0.2) is 28.6 Å². The van der Waals surface area contributed by atoms with Gasteiger partial charge in [0.2, 0.25) is 11.8 Å². The number of halogens is 3. The van der Waals surface area contributed by atoms with E-state index in [9.17, 15) is 9.59 Å². The van der Waals surface area contributed by atoms with Crippen LogP contribution in [0, 0.1) is 23.7 Å². The van der Waals surface area contributed by atoms with Crippen LogP contribution in [-0.2, 0) is 9.59 Å². The van der Waals surface area contributed by atoms with Crippen molar-refractivity contribution < 1.29 is 14.3 Å². The summed E-state index contributed by atoms with van der Waals surface area (Å²) in [6.07, 6.45) is 0.916. The largest absolute Gasteiger partial charge is 0.495 e. The number of anilines is 1. The molecule has 122 valence electrons. The number of imide groups is 1. The number of benzene rings is 1. The van der Waals surface area contributed by atoms with Crippen LogP contribution in [0.5, 0.6) is 5.75 Å². The quantitative estimate of drug-likeness (QED) is 0.497. The number of rotatable bonds is 2. The van der Waals surface area contributed by atoms with E-state index >= 15 is 0 Å². The van der Waals surface area contributed by atoms with Gasteiger partial charge >= 0.3 is 0 Å². The first-order valence-electron chi connectivity index (χ1n) is 7.45. The molecule has 1 aliphatic heterocycles. The summed E-state index contributed by atoms with van der Waals surface area (Å²) < 4.78 is 5.32. The topological polar surface area (TPSA) is 46.6 Å². The number of fused-ring (bicyclic) bond motifs is 5. The minimum absolute atomic E-state index is 0.128. The maximum absolute atomic E-state index is 13.0. The second-order valence-electron chi connectivity index (χ2n) is 6.33. The average Bonchev–Trinajstić information content (AvgIpc) is 3.12. The first kappa shape index (κ1) is 15.9. The Morgan fingerprint density at radius 1 is 1.13 bits per heavy atom. The lowest BCUT2D eigenvalue weighted by molar-refractivity contribution is -0.123. The van der Waals surface area contributed by atoms with Crippen LogP contribution < -0.4 is 9.64 Å². The van der Waals surface area contributed by atoms with Gasteiger partial charge in [0, 0.05) is 14.7 Å². The highest BCUT2D eigenvalue weighted by molar-refractivity contribution is 9.12. The molecule has 0 aromatic heterocycles. The summed E-state index contributed by atoms with van der Waals surface area (Å²) >= 11 is 13.4. The molecule has 0 radical (unpaired) electrons. The predicted octanol–water partition coefficient (Wildman–Crippen LogP) is 3.63. The molecule has 1 heterocycles. The van der Waals surface area contributed by atoms with Crippen LogP contribution >= 0.6 is 43.5 Å². The smallest absolute Gasteiger partial charge is 0.238 e. The number of hydrogen-bond acceptors (Lipinski definition) is 3. The average molecular weight is 464 g/mol. The molecule has 1 saturated heterocycles. The molecule has 23 heavy (non-hydrogen) atoms. The zero-order chi connectivity index (χ0) is 16.5. The molecular weight excluding hydrogens is 449 g/mol. The Morgan fingerprint density at radius 2 is 1.70 bits per heavy atom. The zero-order valence-electron chi connectivity index (χ0n) is 12.2. The summed E-state index contributed by atoms with van der Waals surface area (Å²) in [6.45, 7) is 0. The van der Waals surface area contributed by atoms with Crippen molar-refractivity contribution in [2.24, 2.45) is 23.7 Å². The molecule has 3 aliphatic rings. The summed E-state index contributed by atoms with van der Waals surface area (Å²) in [5.41, 5.74) is 0.445. The summed E-state index contributed by atoms with van der Waals surface area (Å²) in [7, 11) is 1.52. The maximum atomic E-state index is 13.0. The van der Waals surface area contributed by atoms with Gasteiger partial charge in [-0.05, 0) is 36.5 Å². The van der Waals surface area contributed by atoms with Crippen molar-refractivity contribution in [1.29, 1.82) is 0 Å². The van der Waals surface area contributed by atoms with E-state index in [0.717, 1.165) is 6.42 Å². The monoisotopic (exact) mass is 461 g/mol. The third kappa shape index (κ3) is 2.07. The highest BCUT2D eigenvalue weighted by atomic mass is 79.9. The molecule has 1 aromatic rings. The molecular formula is C16H14Br2ClNO3. The molecule has 0 N–H and O–H groups in total. The van der Waals surface area contributed by atoms with E-state index in [1.165, 1.54) is 12.0 Å². The fourth-order valence-electron chi connectivity index (χ4n) is 4.42. The number of carbonyl (C=O) groups excluding carboxylic acids is 2. The number of hydrogen-bond donors (Lipinski definition) is 0. The zero-order valence-corrected chi connectivity index (χ0v) is 16.1. The Balaban J connectivity index is 1.78. The summed E-state index contributed by atoms with van der Waals surface area (Å²) in [5, 5.41) is 0.471. The van der Waals surface area contributed by atoms with Gasteiger partial charge in [-0.1, -0.05) is 43.5 Å². The SMILES string of the molecule is COc1ccc(Cl)cc1N1C(=O)[C@@H]2[C@H]3C[C@@H]([C@H](Br)[C@H]3Br)[C@H]2C1=O. The van der Waals surface area contributed by atoms with E-state index < -0.39 is 0 Å². The molecule has 0 unspecified atom stereocenters. The molecule has 2 aliphatic carbocycles. The van der Waals surface area contributed by atoms with Crippen molar-refractivity contribution in [3.05, 3.63) is 23.2 Å². The van der Waals surface area contributed by atoms with E-state index in [1.54, 1.807) is 18.2 Å². The van der Waals surface area contributed by atoms with Crippen molar-refractivity contribution in [2.45, 2.75) is 16.1 Å². The number of carbonyl (C=O) groups is 2. The van der Waals surface area contributed by atoms with Gasteiger partial charge in [-0.15, -0.1) is 0 Å². The van der Waals surface area contributed by atoms with Gasteiger partial charge in [0.05, 0.1) is 24.6 Å². The molecule has 6 atom stereocenters. The number of alkyl halides is 2. The first-order chi connectivity index (χ1) is 11.0. The predicted molar refractivity (Wildman–Crippen MR) is 94.5 cm³/mol. The summed E-state index contributed by atoms with van der Waals surface area (Å²) in [5.74, 6) is 0.133. The molecule has 0 spiro atoms. The van der Waals surface area contributed by atoms with Gasteiger partial charge < -0.3 is 4.74 Å². The lowest BCUT2D eigenvalue weighted by Crippen LogP contribution is -2.37. The maximum Gasteiger partial charge on any atom is 0.238 e. The summed E-state index contributed by atoms with van der Waals surface area (Å²) in [4.78, 5) is 27.7. The third-order valence-electron chi connectivity index (χ3n) is 5.37. The minimum Gasteiger partial charge on any atom is -0.495 e. The molecule has 2 amide bonds. The normalized spacial score (nSPS) is 38.3. The molecule has 3 fully saturated rings. The van der Waals surface area contributed by atoms with Crippen molar-refractivity contribution in [1.82, 2.24) is 0 Å². The number of amides is 2. The lowest BCUT2D eigenvalue weighted by atomic mass is 9.81. The van der Waals surface area contributed by atoms with E-state index in [0.29, 0.717) is 16.5 Å². The molecule has 2 saturated carbocycles. The fraction of sp³-hybridized carbons (Fsp3) is 0.500. The van der Waals surface area contributed by atoms with Gasteiger partial charge in [-0.25, -0.2) is 4.90 Å². The van der Waals surface area contributed by atoms with Crippen LogP contribution in [0.2, 0.25) is 5.02 Å². The first-order valence-corrected chi connectivity index (χ1v) is 9.66. The number of nitrogens with zero attached hydrogens (tertiary/aromatic N) is 1. The second kappa shape index (κ2) is 5.46. The van der Waals surface area contributed by atoms with Gasteiger partial charge in [-0.2, -0.15) is 0 Å². The highest BCUT2D eigenvalue weighted by Crippen LogP contribution is 2.60. The van der Waals surface area contributed by atoms with E-state index in [4.69, 9.17) is 16.3 Å². The van der Waals surface area contributed by atoms with Gasteiger partial charge in [0.15, 0.2) is 0 Å². The van der Waals surface area contributed by atoms with E-state index in [-0.39, 0.29) is 45.1 Å². The van der Waals surface area contributed by atoms with E-state index in [2.05, 4.69) is 31.9 Å². The second-order valence-corrected chi connectivity index (χ2v) is 8.88. The van der Waals surface area contributed by atoms with Crippen molar-refractivity contribution in [3.63, 3.8) is 0 Å². The van der Waals surface area contributed by atoms with Gasteiger partial charge in [0.1, 0.15) is 5.75 Å². The van der Waals surface area contributed by atoms with Crippen LogP contribution in [0.3, 0.4) is 0 Å². The Hall–Kier alpha value is -0.590. The Bertz CT molecular complexity index is 681. The van der Waals surface area contributed by atoms with Crippen molar-refractivity contribution in [2.75, 3.05) is 12.0 Å². The van der Waals surface area contributed by atoms with Gasteiger partial charge in [0.25, 0.3) is 0 Å². The molecule has 1 aromatic carbocycles. The van der Waals surface area contributed by atoms with Crippen molar-refractivity contribution >= 4 is 61.0 Å². The third-order valence-corrected chi connectivity index (χ3v) is 8.81. The highest BCUT2D eigenvalue weighted by Gasteiger charge is 2.66.